The van der Waals surface area contributed by atoms with Gasteiger partial charge in [-0.2, -0.15) is 13.8 Å². The molecule has 0 N–H and O–H groups in total. The summed E-state index contributed by atoms with van der Waals surface area (Å²) in [5, 5.41) is -0.409. The minimum absolute atomic E-state index is 0.205. The molecule has 12 heavy (non-hydrogen) atoms. The lowest BCUT2D eigenvalue weighted by atomic mass is 10.2. The van der Waals surface area contributed by atoms with Crippen LogP contribution in [0.15, 0.2) is 0 Å². The lowest BCUT2D eigenvalue weighted by Gasteiger charge is -2.04. The lowest BCUT2D eigenvalue weighted by Crippen LogP contribution is -1.97. The molecular weight excluding hydrogens is 207 g/mol. The van der Waals surface area contributed by atoms with Crippen LogP contribution in [-0.4, -0.2) is 4.98 Å². The molecule has 0 atom stereocenters. The van der Waals surface area contributed by atoms with Gasteiger partial charge in [0, 0.05) is 0 Å². The van der Waals surface area contributed by atoms with Gasteiger partial charge in [0.2, 0.25) is 11.9 Å². The molecule has 0 bridgehead atoms. The molecule has 0 radical (unpaired) electrons. The van der Waals surface area contributed by atoms with Crippen LogP contribution >= 0.6 is 23.2 Å². The maximum atomic E-state index is 12.7. The molecule has 1 heterocycles. The zero-order chi connectivity index (χ0) is 9.30. The molecule has 0 spiro atoms. The minimum atomic E-state index is -1.02. The fourth-order valence-electron chi connectivity index (χ4n) is 0.840. The molecule has 0 aliphatic heterocycles. The van der Waals surface area contributed by atoms with Crippen molar-refractivity contribution in [1.82, 2.24) is 4.98 Å². The summed E-state index contributed by atoms with van der Waals surface area (Å²) in [5.41, 5.74) is 0.253. The van der Waals surface area contributed by atoms with Crippen molar-refractivity contribution < 1.29 is 8.78 Å². The van der Waals surface area contributed by atoms with E-state index in [0.29, 0.717) is 6.42 Å². The summed E-state index contributed by atoms with van der Waals surface area (Å²) in [6.45, 7) is 1.70. The van der Waals surface area contributed by atoms with Crippen LogP contribution in [0.3, 0.4) is 0 Å². The van der Waals surface area contributed by atoms with Crippen molar-refractivity contribution in [3.63, 3.8) is 0 Å². The van der Waals surface area contributed by atoms with Gasteiger partial charge < -0.3 is 0 Å². The Hall–Kier alpha value is -0.410. The lowest BCUT2D eigenvalue weighted by molar-refractivity contribution is 0.510. The van der Waals surface area contributed by atoms with Crippen molar-refractivity contribution in [2.45, 2.75) is 13.3 Å². The third kappa shape index (κ3) is 1.52. The van der Waals surface area contributed by atoms with Gasteiger partial charge in [-0.05, 0) is 12.0 Å². The standard InChI is InChI=1S/C7H5Cl2F2N/c1-2-3-4(8)6(10)12-7(11)5(3)9/h2H2,1H3. The predicted molar refractivity (Wildman–Crippen MR) is 43.6 cm³/mol. The van der Waals surface area contributed by atoms with Crippen LogP contribution in [-0.2, 0) is 6.42 Å². The highest BCUT2D eigenvalue weighted by molar-refractivity contribution is 6.35. The summed E-state index contributed by atoms with van der Waals surface area (Å²) in [4.78, 5) is 2.88. The number of aromatic nitrogens is 1. The van der Waals surface area contributed by atoms with E-state index in [4.69, 9.17) is 23.2 Å². The average Bonchev–Trinajstić information content (AvgIpc) is 2.02. The Morgan fingerprint density at radius 2 is 1.58 bits per heavy atom. The van der Waals surface area contributed by atoms with Gasteiger partial charge in [0.05, 0.1) is 0 Å². The second-order valence-corrected chi connectivity index (χ2v) is 2.91. The molecule has 0 saturated carbocycles. The van der Waals surface area contributed by atoms with Crippen molar-refractivity contribution in [3.05, 3.63) is 27.5 Å². The third-order valence-corrected chi connectivity index (χ3v) is 2.21. The van der Waals surface area contributed by atoms with E-state index in [1.807, 2.05) is 0 Å². The fourth-order valence-corrected chi connectivity index (χ4v) is 1.43. The van der Waals surface area contributed by atoms with Gasteiger partial charge in [0.15, 0.2) is 0 Å². The zero-order valence-electron chi connectivity index (χ0n) is 6.17. The highest BCUT2D eigenvalue weighted by atomic mass is 35.5. The summed E-state index contributed by atoms with van der Waals surface area (Å²) < 4.78 is 25.3. The molecular formula is C7H5Cl2F2N. The molecule has 0 aliphatic carbocycles. The van der Waals surface area contributed by atoms with E-state index >= 15 is 0 Å². The molecule has 0 unspecified atom stereocenters. The SMILES string of the molecule is CCc1c(Cl)c(F)nc(F)c1Cl. The molecule has 1 nitrogen and oxygen atoms in total. The second kappa shape index (κ2) is 3.54. The summed E-state index contributed by atoms with van der Waals surface area (Å²) in [6, 6.07) is 0. The first-order valence-corrected chi connectivity index (χ1v) is 4.02. The molecule has 66 valence electrons. The van der Waals surface area contributed by atoms with E-state index < -0.39 is 11.9 Å². The number of pyridine rings is 1. The number of hydrogen-bond donors (Lipinski definition) is 0. The molecule has 1 aromatic heterocycles. The number of nitrogens with zero attached hydrogens (tertiary/aromatic N) is 1. The van der Waals surface area contributed by atoms with Crippen LogP contribution in [0.25, 0.3) is 0 Å². The molecule has 0 saturated heterocycles. The summed E-state index contributed by atoms with van der Waals surface area (Å²) in [7, 11) is 0. The number of hydrogen-bond acceptors (Lipinski definition) is 1. The minimum Gasteiger partial charge on any atom is -0.188 e. The van der Waals surface area contributed by atoms with E-state index in [0.717, 1.165) is 0 Å². The van der Waals surface area contributed by atoms with Crippen molar-refractivity contribution in [3.8, 4) is 0 Å². The predicted octanol–water partition coefficient (Wildman–Crippen LogP) is 3.23. The van der Waals surface area contributed by atoms with Crippen LogP contribution in [0.4, 0.5) is 8.78 Å². The Kier molecular flexibility index (Phi) is 2.85. The van der Waals surface area contributed by atoms with Crippen LogP contribution in [0.2, 0.25) is 10.0 Å². The average molecular weight is 212 g/mol. The Labute approximate surface area is 78.3 Å². The van der Waals surface area contributed by atoms with Crippen LogP contribution in [0.1, 0.15) is 12.5 Å². The van der Waals surface area contributed by atoms with Crippen LogP contribution < -0.4 is 0 Å². The van der Waals surface area contributed by atoms with Crippen LogP contribution in [0, 0.1) is 11.9 Å². The van der Waals surface area contributed by atoms with E-state index in [1.165, 1.54) is 0 Å². The van der Waals surface area contributed by atoms with E-state index in [9.17, 15) is 8.78 Å². The molecule has 1 rings (SSSR count). The summed E-state index contributed by atoms with van der Waals surface area (Å²) in [5.74, 6) is -2.04. The number of halogens is 4. The topological polar surface area (TPSA) is 12.9 Å². The zero-order valence-corrected chi connectivity index (χ0v) is 7.68. The van der Waals surface area contributed by atoms with Gasteiger partial charge in [-0.3, -0.25) is 0 Å². The Morgan fingerprint density at radius 1 is 1.17 bits per heavy atom. The Morgan fingerprint density at radius 3 is 1.92 bits per heavy atom. The van der Waals surface area contributed by atoms with Crippen LogP contribution in [0.5, 0.6) is 0 Å². The largest absolute Gasteiger partial charge is 0.234 e. The maximum absolute atomic E-state index is 12.7. The molecule has 1 aromatic rings. The highest BCUT2D eigenvalue weighted by Crippen LogP contribution is 2.27. The third-order valence-electron chi connectivity index (χ3n) is 1.44. The Bertz CT molecular complexity index is 289. The van der Waals surface area contributed by atoms with Crippen molar-refractivity contribution in [2.75, 3.05) is 0 Å². The Balaban J connectivity index is 3.42. The summed E-state index contributed by atoms with van der Waals surface area (Å²) >= 11 is 11.0. The summed E-state index contributed by atoms with van der Waals surface area (Å²) in [6.07, 6.45) is 0.369. The van der Waals surface area contributed by atoms with E-state index in [1.54, 1.807) is 6.92 Å². The second-order valence-electron chi connectivity index (χ2n) is 2.15. The van der Waals surface area contributed by atoms with Gasteiger partial charge in [0.25, 0.3) is 0 Å². The highest BCUT2D eigenvalue weighted by Gasteiger charge is 2.15. The fraction of sp³-hybridized carbons (Fsp3) is 0.286. The van der Waals surface area contributed by atoms with Gasteiger partial charge in [-0.25, -0.2) is 0 Å². The van der Waals surface area contributed by atoms with Crippen molar-refractivity contribution in [2.24, 2.45) is 0 Å². The first-order valence-electron chi connectivity index (χ1n) is 3.26. The van der Waals surface area contributed by atoms with Gasteiger partial charge in [-0.1, -0.05) is 30.1 Å². The number of rotatable bonds is 1. The first-order chi connectivity index (χ1) is 5.57. The molecule has 0 aromatic carbocycles. The van der Waals surface area contributed by atoms with E-state index in [-0.39, 0.29) is 15.6 Å². The first kappa shape index (κ1) is 9.68. The smallest absolute Gasteiger partial charge is 0.188 e. The van der Waals surface area contributed by atoms with Gasteiger partial charge >= 0.3 is 0 Å². The quantitative estimate of drug-likeness (QED) is 0.651. The maximum Gasteiger partial charge on any atom is 0.234 e. The van der Waals surface area contributed by atoms with Crippen molar-refractivity contribution in [1.29, 1.82) is 0 Å². The monoisotopic (exact) mass is 211 g/mol. The normalized spacial score (nSPS) is 10.4. The molecule has 0 amide bonds. The molecule has 0 aliphatic rings. The van der Waals surface area contributed by atoms with Gasteiger partial charge in [0.1, 0.15) is 10.0 Å². The van der Waals surface area contributed by atoms with E-state index in [2.05, 4.69) is 4.98 Å². The molecule has 0 fully saturated rings. The van der Waals surface area contributed by atoms with Gasteiger partial charge in [-0.15, -0.1) is 0 Å². The van der Waals surface area contributed by atoms with Crippen molar-refractivity contribution >= 4 is 23.2 Å². The molecule has 5 heteroatoms.